The normalized spacial score (nSPS) is 10.9. The zero-order valence-electron chi connectivity index (χ0n) is 18.5. The molecule has 0 spiro atoms. The predicted molar refractivity (Wildman–Crippen MR) is 124 cm³/mol. The average Bonchev–Trinajstić information content (AvgIpc) is 3.54. The highest BCUT2D eigenvalue weighted by Gasteiger charge is 2.17. The molecule has 0 radical (unpaired) electrons. The minimum absolute atomic E-state index is 0.0569. The fraction of sp³-hybridized carbons (Fsp3) is 0. The molecule has 0 unspecified atom stereocenters. The molecule has 3 aromatic heterocycles. The Morgan fingerprint density at radius 1 is 0.757 bits per heavy atom. The van der Waals surface area contributed by atoms with Gasteiger partial charge in [0.25, 0.3) is 0 Å². The first-order chi connectivity index (χ1) is 17.7. The third-order valence-corrected chi connectivity index (χ3v) is 5.25. The lowest BCUT2D eigenvalue weighted by Gasteiger charge is -2.04. The third kappa shape index (κ3) is 4.23. The van der Waals surface area contributed by atoms with Gasteiger partial charge in [0, 0.05) is 12.1 Å². The summed E-state index contributed by atoms with van der Waals surface area (Å²) in [6, 6.07) is 7.86. The number of aromatic carboxylic acids is 2. The van der Waals surface area contributed by atoms with Gasteiger partial charge in [-0.05, 0) is 24.3 Å². The van der Waals surface area contributed by atoms with Crippen LogP contribution in [0.25, 0.3) is 34.2 Å². The Balaban J connectivity index is 1.45. The topological polar surface area (TPSA) is 228 Å². The number of anilines is 1. The number of benzene rings is 2. The second kappa shape index (κ2) is 8.73. The van der Waals surface area contributed by atoms with Crippen LogP contribution in [0.3, 0.4) is 0 Å². The molecule has 0 saturated carbocycles. The molecule has 37 heavy (non-hydrogen) atoms. The van der Waals surface area contributed by atoms with E-state index in [9.17, 15) is 19.8 Å². The molecule has 6 N–H and O–H groups in total. The van der Waals surface area contributed by atoms with E-state index in [1.54, 1.807) is 0 Å². The molecule has 0 amide bonds. The van der Waals surface area contributed by atoms with Gasteiger partial charge in [0.05, 0.1) is 30.0 Å². The molecule has 0 aliphatic heterocycles. The van der Waals surface area contributed by atoms with Crippen molar-refractivity contribution in [2.45, 2.75) is 0 Å². The van der Waals surface area contributed by atoms with E-state index >= 15 is 0 Å². The second-order valence-electron chi connectivity index (χ2n) is 7.60. The highest BCUT2D eigenvalue weighted by molar-refractivity contribution is 5.91. The maximum absolute atomic E-state index is 11.1. The number of carbonyl (C=O) groups is 2. The van der Waals surface area contributed by atoms with E-state index in [2.05, 4.69) is 30.6 Å². The molecular weight excluding hydrogens is 486 g/mol. The van der Waals surface area contributed by atoms with Crippen LogP contribution in [0.2, 0.25) is 0 Å². The van der Waals surface area contributed by atoms with Gasteiger partial charge in [0.2, 0.25) is 0 Å². The lowest BCUT2D eigenvalue weighted by Crippen LogP contribution is -2.00. The molecule has 5 aromatic rings. The van der Waals surface area contributed by atoms with Gasteiger partial charge in [-0.1, -0.05) is 10.4 Å². The van der Waals surface area contributed by atoms with Gasteiger partial charge >= 0.3 is 11.9 Å². The smallest absolute Gasteiger partial charge is 0.339 e. The molecule has 0 aliphatic rings. The van der Waals surface area contributed by atoms with Crippen LogP contribution in [0, 0.1) is 0 Å². The molecule has 184 valence electrons. The van der Waals surface area contributed by atoms with E-state index in [4.69, 9.17) is 15.9 Å². The van der Waals surface area contributed by atoms with E-state index in [0.29, 0.717) is 22.8 Å². The fourth-order valence-corrected chi connectivity index (χ4v) is 3.40. The summed E-state index contributed by atoms with van der Waals surface area (Å²) in [6.45, 7) is 0. The number of hydrogen-bond acceptors (Lipinski definition) is 11. The van der Waals surface area contributed by atoms with Crippen molar-refractivity contribution in [3.8, 4) is 45.6 Å². The Hall–Kier alpha value is -5.86. The largest absolute Gasteiger partial charge is 0.507 e. The Morgan fingerprint density at radius 2 is 1.27 bits per heavy atom. The molecular formula is C22H15N9O6. The van der Waals surface area contributed by atoms with E-state index < -0.39 is 23.4 Å². The van der Waals surface area contributed by atoms with Crippen LogP contribution < -0.4 is 5.73 Å². The number of hydrogen-bond donors (Lipinski definition) is 5. The van der Waals surface area contributed by atoms with Crippen molar-refractivity contribution in [3.05, 3.63) is 66.1 Å². The molecule has 15 heteroatoms. The van der Waals surface area contributed by atoms with Gasteiger partial charge in [-0.2, -0.15) is 0 Å². The van der Waals surface area contributed by atoms with E-state index in [1.165, 1.54) is 64.4 Å². The van der Waals surface area contributed by atoms with Crippen LogP contribution in [0.15, 0.2) is 55.0 Å². The van der Waals surface area contributed by atoms with Gasteiger partial charge < -0.3 is 26.2 Å². The number of carboxylic acids is 2. The number of nitrogen functional groups attached to an aromatic ring is 1. The number of carboxylic acid groups (broad SMARTS) is 2. The molecule has 3 heterocycles. The van der Waals surface area contributed by atoms with E-state index in [0.717, 1.165) is 0 Å². The highest BCUT2D eigenvalue weighted by Crippen LogP contribution is 2.27. The summed E-state index contributed by atoms with van der Waals surface area (Å²) in [5.74, 6) is -3.34. The van der Waals surface area contributed by atoms with Crippen molar-refractivity contribution in [2.24, 2.45) is 0 Å². The van der Waals surface area contributed by atoms with E-state index in [1.807, 2.05) is 0 Å². The predicted octanol–water partition coefficient (Wildman–Crippen LogP) is 1.36. The van der Waals surface area contributed by atoms with Crippen LogP contribution in [-0.4, -0.2) is 72.3 Å². The summed E-state index contributed by atoms with van der Waals surface area (Å²) in [6.07, 6.45) is 4.36. The number of aromatic hydroxyl groups is 2. The number of phenols is 2. The summed E-state index contributed by atoms with van der Waals surface area (Å²) >= 11 is 0. The summed E-state index contributed by atoms with van der Waals surface area (Å²) < 4.78 is 2.62. The Labute approximate surface area is 205 Å². The minimum atomic E-state index is -1.27. The zero-order valence-corrected chi connectivity index (χ0v) is 18.5. The monoisotopic (exact) mass is 501 g/mol. The lowest BCUT2D eigenvalue weighted by molar-refractivity contribution is 0.0682. The molecule has 0 saturated heterocycles. The Kier molecular flexibility index (Phi) is 5.41. The van der Waals surface area contributed by atoms with Crippen molar-refractivity contribution < 1.29 is 30.0 Å². The number of nitrogens with two attached hydrogens (primary N) is 1. The number of nitrogens with zero attached hydrogens (tertiary/aromatic N) is 8. The van der Waals surface area contributed by atoms with Crippen LogP contribution in [-0.2, 0) is 0 Å². The summed E-state index contributed by atoms with van der Waals surface area (Å²) in [4.78, 5) is 30.8. The van der Waals surface area contributed by atoms with Crippen molar-refractivity contribution in [1.29, 1.82) is 0 Å². The molecule has 0 fully saturated rings. The summed E-state index contributed by atoms with van der Waals surface area (Å²) in [7, 11) is 0. The van der Waals surface area contributed by atoms with Crippen LogP contribution in [0.1, 0.15) is 20.7 Å². The van der Waals surface area contributed by atoms with Crippen LogP contribution in [0.5, 0.6) is 11.5 Å². The fourth-order valence-electron chi connectivity index (χ4n) is 3.40. The summed E-state index contributed by atoms with van der Waals surface area (Å²) in [5.41, 5.74) is 7.24. The SMILES string of the molecule is Nc1ncc(-c2cn(-c3ccc(C(=O)O)c(O)c3)nn2)nc1-c1cn(-c2ccc(C(=O)O)c(O)c2)nn1. The van der Waals surface area contributed by atoms with Crippen LogP contribution >= 0.6 is 0 Å². The minimum Gasteiger partial charge on any atom is -0.507 e. The quantitative estimate of drug-likeness (QED) is 0.222. The maximum atomic E-state index is 11.1. The molecule has 5 rings (SSSR count). The summed E-state index contributed by atoms with van der Waals surface area (Å²) in [5, 5.41) is 54.1. The Morgan fingerprint density at radius 3 is 1.78 bits per heavy atom. The first-order valence-electron chi connectivity index (χ1n) is 10.3. The molecule has 0 aliphatic carbocycles. The molecule has 15 nitrogen and oxygen atoms in total. The first-order valence-corrected chi connectivity index (χ1v) is 10.3. The molecule has 0 atom stereocenters. The van der Waals surface area contributed by atoms with E-state index in [-0.39, 0.29) is 28.3 Å². The average molecular weight is 501 g/mol. The van der Waals surface area contributed by atoms with Crippen molar-refractivity contribution in [3.63, 3.8) is 0 Å². The lowest BCUT2D eigenvalue weighted by atomic mass is 10.2. The third-order valence-electron chi connectivity index (χ3n) is 5.25. The second-order valence-corrected chi connectivity index (χ2v) is 7.60. The first kappa shape index (κ1) is 22.9. The van der Waals surface area contributed by atoms with Crippen molar-refractivity contribution in [2.75, 3.05) is 5.73 Å². The van der Waals surface area contributed by atoms with Crippen LogP contribution in [0.4, 0.5) is 5.82 Å². The number of aromatic nitrogens is 8. The standard InChI is InChI=1S/C22H15N9O6/c23-20-19(16-9-31(29-27-16)11-2-4-13(22(36)37)18(33)6-11)25-14(7-24-20)15-8-30(28-26-15)10-1-3-12(21(34)35)17(32)5-10/h1-9,32-33H,(H2,23,24)(H,34,35)(H,36,37). The Bertz CT molecular complexity index is 1690. The van der Waals surface area contributed by atoms with Gasteiger partial charge in [0.1, 0.15) is 45.4 Å². The van der Waals surface area contributed by atoms with Gasteiger partial charge in [0.15, 0.2) is 5.82 Å². The van der Waals surface area contributed by atoms with Gasteiger partial charge in [-0.25, -0.2) is 28.9 Å². The van der Waals surface area contributed by atoms with Crippen molar-refractivity contribution >= 4 is 17.8 Å². The van der Waals surface area contributed by atoms with Gasteiger partial charge in [-0.15, -0.1) is 10.2 Å². The van der Waals surface area contributed by atoms with Crippen molar-refractivity contribution in [1.82, 2.24) is 40.0 Å². The molecule has 2 aromatic carbocycles. The maximum Gasteiger partial charge on any atom is 0.339 e. The molecule has 0 bridgehead atoms. The van der Waals surface area contributed by atoms with Gasteiger partial charge in [-0.3, -0.25) is 0 Å². The number of rotatable bonds is 6. The highest BCUT2D eigenvalue weighted by atomic mass is 16.4. The zero-order chi connectivity index (χ0) is 26.3.